The van der Waals surface area contributed by atoms with Crippen molar-refractivity contribution in [3.8, 4) is 0 Å². The molecular formula is C19H22FNO3. The first-order chi connectivity index (χ1) is 11.5. The zero-order valence-corrected chi connectivity index (χ0v) is 14.0. The molecule has 4 nitrogen and oxygen atoms in total. The molecule has 128 valence electrons. The van der Waals surface area contributed by atoms with E-state index in [1.54, 1.807) is 25.1 Å². The summed E-state index contributed by atoms with van der Waals surface area (Å²) in [5.74, 6) is 1.04. The number of hydrogen-bond acceptors (Lipinski definition) is 3. The van der Waals surface area contributed by atoms with Crippen LogP contribution in [0.15, 0.2) is 34.7 Å². The van der Waals surface area contributed by atoms with Crippen LogP contribution in [0.1, 0.15) is 40.3 Å². The molecule has 0 atom stereocenters. The van der Waals surface area contributed by atoms with Crippen LogP contribution in [0.25, 0.3) is 0 Å². The zero-order chi connectivity index (χ0) is 17.1. The van der Waals surface area contributed by atoms with Gasteiger partial charge in [-0.25, -0.2) is 4.39 Å². The average molecular weight is 331 g/mol. The van der Waals surface area contributed by atoms with E-state index in [0.717, 1.165) is 24.2 Å². The maximum absolute atomic E-state index is 13.1. The van der Waals surface area contributed by atoms with Gasteiger partial charge in [0.05, 0.1) is 5.56 Å². The summed E-state index contributed by atoms with van der Waals surface area (Å²) in [5, 5.41) is 0. The van der Waals surface area contributed by atoms with E-state index < -0.39 is 0 Å². The Balaban J connectivity index is 1.87. The van der Waals surface area contributed by atoms with Crippen LogP contribution in [0.4, 0.5) is 4.39 Å². The van der Waals surface area contributed by atoms with Gasteiger partial charge >= 0.3 is 0 Å². The first kappa shape index (κ1) is 16.7. The van der Waals surface area contributed by atoms with Gasteiger partial charge in [-0.2, -0.15) is 0 Å². The number of carbonyl (C=O) groups excluding carboxylic acids is 1. The molecule has 0 aliphatic carbocycles. The number of nitrogens with zero attached hydrogens (tertiary/aromatic N) is 1. The van der Waals surface area contributed by atoms with E-state index in [2.05, 4.69) is 0 Å². The number of carbonyl (C=O) groups is 1. The Morgan fingerprint density at radius 1 is 1.21 bits per heavy atom. The summed E-state index contributed by atoms with van der Waals surface area (Å²) in [7, 11) is 0. The van der Waals surface area contributed by atoms with E-state index in [1.807, 2.05) is 11.8 Å². The van der Waals surface area contributed by atoms with Gasteiger partial charge in [-0.1, -0.05) is 12.1 Å². The fraction of sp³-hybridized carbons (Fsp3) is 0.421. The molecule has 1 aromatic heterocycles. The van der Waals surface area contributed by atoms with Crippen LogP contribution in [0, 0.1) is 19.7 Å². The number of ether oxygens (including phenoxy) is 1. The lowest BCUT2D eigenvalue weighted by atomic mass is 10.0. The highest BCUT2D eigenvalue weighted by molar-refractivity contribution is 5.95. The Bertz CT molecular complexity index is 702. The maximum Gasteiger partial charge on any atom is 0.257 e. The molecule has 0 saturated carbocycles. The average Bonchev–Trinajstić information content (AvgIpc) is 2.93. The van der Waals surface area contributed by atoms with Crippen LogP contribution in [0.3, 0.4) is 0 Å². The van der Waals surface area contributed by atoms with Crippen molar-refractivity contribution in [3.05, 3.63) is 58.8 Å². The summed E-state index contributed by atoms with van der Waals surface area (Å²) < 4.78 is 24.1. The van der Waals surface area contributed by atoms with Gasteiger partial charge in [0.2, 0.25) is 0 Å². The minimum absolute atomic E-state index is 0.0411. The lowest BCUT2D eigenvalue weighted by Gasteiger charge is -2.34. The predicted molar refractivity (Wildman–Crippen MR) is 88.3 cm³/mol. The Morgan fingerprint density at radius 2 is 1.88 bits per heavy atom. The third-order valence-corrected chi connectivity index (χ3v) is 4.43. The van der Waals surface area contributed by atoms with Crippen LogP contribution in [0.5, 0.6) is 0 Å². The molecular weight excluding hydrogens is 309 g/mol. The summed E-state index contributed by atoms with van der Waals surface area (Å²) >= 11 is 0. The van der Waals surface area contributed by atoms with Crippen LogP contribution in [-0.4, -0.2) is 30.1 Å². The van der Waals surface area contributed by atoms with Crippen molar-refractivity contribution >= 4 is 5.91 Å². The molecule has 3 rings (SSSR count). The summed E-state index contributed by atoms with van der Waals surface area (Å²) in [6, 6.07) is 8.20. The van der Waals surface area contributed by atoms with Crippen molar-refractivity contribution in [3.63, 3.8) is 0 Å². The van der Waals surface area contributed by atoms with E-state index in [1.165, 1.54) is 12.1 Å². The molecule has 2 heterocycles. The molecule has 5 heteroatoms. The Hall–Kier alpha value is -2.14. The summed E-state index contributed by atoms with van der Waals surface area (Å²) in [6.45, 7) is 5.40. The van der Waals surface area contributed by atoms with E-state index in [9.17, 15) is 9.18 Å². The first-order valence-electron chi connectivity index (χ1n) is 8.25. The normalized spacial score (nSPS) is 15.5. The van der Waals surface area contributed by atoms with Crippen molar-refractivity contribution in [2.24, 2.45) is 0 Å². The van der Waals surface area contributed by atoms with Crippen molar-refractivity contribution in [1.82, 2.24) is 4.90 Å². The topological polar surface area (TPSA) is 42.7 Å². The number of benzene rings is 1. The Labute approximate surface area is 141 Å². The highest BCUT2D eigenvalue weighted by atomic mass is 19.1. The standard InChI is InChI=1S/C19H22FNO3/c1-13-11-18(14(2)24-13)19(22)21(17-7-9-23-10-8-17)12-15-3-5-16(20)6-4-15/h3-6,11,17H,7-10,12H2,1-2H3. The predicted octanol–water partition coefficient (Wildman–Crippen LogP) is 3.86. The van der Waals surface area contributed by atoms with Crippen LogP contribution in [-0.2, 0) is 11.3 Å². The van der Waals surface area contributed by atoms with Gasteiger partial charge in [0.1, 0.15) is 17.3 Å². The van der Waals surface area contributed by atoms with Gasteiger partial charge < -0.3 is 14.1 Å². The van der Waals surface area contributed by atoms with Crippen LogP contribution in [0.2, 0.25) is 0 Å². The van der Waals surface area contributed by atoms with Crippen molar-refractivity contribution in [2.75, 3.05) is 13.2 Å². The fourth-order valence-electron chi connectivity index (χ4n) is 3.15. The monoisotopic (exact) mass is 331 g/mol. The fourth-order valence-corrected chi connectivity index (χ4v) is 3.15. The van der Waals surface area contributed by atoms with E-state index in [0.29, 0.717) is 31.1 Å². The molecule has 0 spiro atoms. The van der Waals surface area contributed by atoms with Crippen LogP contribution < -0.4 is 0 Å². The minimum atomic E-state index is -0.274. The number of halogens is 1. The second-order valence-corrected chi connectivity index (χ2v) is 6.23. The zero-order valence-electron chi connectivity index (χ0n) is 14.0. The van der Waals surface area contributed by atoms with E-state index >= 15 is 0 Å². The molecule has 0 bridgehead atoms. The molecule has 1 aliphatic heterocycles. The van der Waals surface area contributed by atoms with E-state index in [-0.39, 0.29) is 17.8 Å². The molecule has 1 aromatic carbocycles. The quantitative estimate of drug-likeness (QED) is 0.854. The Morgan fingerprint density at radius 3 is 2.46 bits per heavy atom. The third kappa shape index (κ3) is 3.67. The van der Waals surface area contributed by atoms with Crippen molar-refractivity contribution in [2.45, 2.75) is 39.3 Å². The molecule has 0 N–H and O–H groups in total. The number of furan rings is 1. The van der Waals surface area contributed by atoms with Gasteiger partial charge in [0.15, 0.2) is 0 Å². The highest BCUT2D eigenvalue weighted by Gasteiger charge is 2.28. The first-order valence-corrected chi connectivity index (χ1v) is 8.25. The molecule has 0 radical (unpaired) electrons. The number of amides is 1. The highest BCUT2D eigenvalue weighted by Crippen LogP contribution is 2.23. The molecule has 1 amide bonds. The number of hydrogen-bond donors (Lipinski definition) is 0. The molecule has 2 aromatic rings. The minimum Gasteiger partial charge on any atom is -0.466 e. The largest absolute Gasteiger partial charge is 0.466 e. The van der Waals surface area contributed by atoms with Crippen molar-refractivity contribution < 1.29 is 18.3 Å². The molecule has 1 aliphatic rings. The molecule has 24 heavy (non-hydrogen) atoms. The van der Waals surface area contributed by atoms with Crippen molar-refractivity contribution in [1.29, 1.82) is 0 Å². The molecule has 0 unspecified atom stereocenters. The van der Waals surface area contributed by atoms with Gasteiger partial charge in [-0.15, -0.1) is 0 Å². The maximum atomic E-state index is 13.1. The summed E-state index contributed by atoms with van der Waals surface area (Å²) in [5.41, 5.74) is 1.51. The molecule has 1 fully saturated rings. The van der Waals surface area contributed by atoms with Gasteiger partial charge in [-0.05, 0) is 50.5 Å². The lowest BCUT2D eigenvalue weighted by Crippen LogP contribution is -2.43. The number of aryl methyl sites for hydroxylation is 2. The second kappa shape index (κ2) is 7.18. The smallest absolute Gasteiger partial charge is 0.257 e. The lowest BCUT2D eigenvalue weighted by molar-refractivity contribution is 0.0266. The summed E-state index contributed by atoms with van der Waals surface area (Å²) in [4.78, 5) is 15.0. The second-order valence-electron chi connectivity index (χ2n) is 6.23. The Kier molecular flexibility index (Phi) is 5.00. The van der Waals surface area contributed by atoms with E-state index in [4.69, 9.17) is 9.15 Å². The number of rotatable bonds is 4. The summed E-state index contributed by atoms with van der Waals surface area (Å²) in [6.07, 6.45) is 1.62. The SMILES string of the molecule is Cc1cc(C(=O)N(Cc2ccc(F)cc2)C2CCOCC2)c(C)o1. The van der Waals surface area contributed by atoms with Crippen LogP contribution >= 0.6 is 0 Å². The van der Waals surface area contributed by atoms with Gasteiger partial charge in [-0.3, -0.25) is 4.79 Å². The van der Waals surface area contributed by atoms with Gasteiger partial charge in [0, 0.05) is 25.8 Å². The van der Waals surface area contributed by atoms with Gasteiger partial charge in [0.25, 0.3) is 5.91 Å². The molecule has 1 saturated heterocycles. The third-order valence-electron chi connectivity index (χ3n) is 4.43.